The molecule has 1 N–H and O–H groups in total. The number of phenols is 1. The Morgan fingerprint density at radius 2 is 1.83 bits per heavy atom. The lowest BCUT2D eigenvalue weighted by atomic mass is 10.1. The van der Waals surface area contributed by atoms with E-state index in [4.69, 9.17) is 9.47 Å². The average molecular weight is 311 g/mol. The van der Waals surface area contributed by atoms with Gasteiger partial charge in [-0.3, -0.25) is 0 Å². The van der Waals surface area contributed by atoms with E-state index >= 15 is 0 Å². The van der Waals surface area contributed by atoms with Crippen LogP contribution in [-0.4, -0.2) is 23.6 Å². The summed E-state index contributed by atoms with van der Waals surface area (Å²) >= 11 is 0. The number of aromatic nitrogens is 1. The summed E-state index contributed by atoms with van der Waals surface area (Å²) < 4.78 is 12.8. The summed E-state index contributed by atoms with van der Waals surface area (Å²) in [7, 11) is 1.57. The number of fused-ring (bicyclic) bond motifs is 1. The summed E-state index contributed by atoms with van der Waals surface area (Å²) in [6, 6.07) is 13.9. The number of ether oxygens (including phenoxy) is 2. The molecule has 0 spiro atoms. The van der Waals surface area contributed by atoms with E-state index < -0.39 is 0 Å². The molecule has 0 bridgehead atoms. The molecule has 0 amide bonds. The zero-order chi connectivity index (χ0) is 16.4. The molecular weight excluding hydrogens is 290 g/mol. The van der Waals surface area contributed by atoms with Gasteiger partial charge in [0.25, 0.3) is 0 Å². The first kappa shape index (κ1) is 15.4. The van der Waals surface area contributed by atoms with Gasteiger partial charge in [-0.15, -0.1) is 0 Å². The van der Waals surface area contributed by atoms with E-state index in [1.807, 2.05) is 24.3 Å². The third kappa shape index (κ3) is 2.55. The number of methoxy groups -OCH3 is 1. The number of aromatic hydroxyl groups is 1. The third-order valence-electron chi connectivity index (χ3n) is 4.09. The smallest absolute Gasteiger partial charge is 0.189 e. The van der Waals surface area contributed by atoms with E-state index in [1.165, 1.54) is 5.56 Å². The zero-order valence-corrected chi connectivity index (χ0v) is 13.7. The van der Waals surface area contributed by atoms with E-state index in [1.54, 1.807) is 13.2 Å². The standard InChI is InChI=1S/C19H21NO3/c1-4-20-17(14-8-6-5-7-9-14)13(2)15-10-11-16(21)19(18(15)20)23-12-22-3/h5-11,21H,4,12H2,1-3H3. The Kier molecular flexibility index (Phi) is 4.26. The van der Waals surface area contributed by atoms with Crippen LogP contribution in [0.5, 0.6) is 11.5 Å². The van der Waals surface area contributed by atoms with Crippen molar-refractivity contribution < 1.29 is 14.6 Å². The molecule has 0 fully saturated rings. The maximum atomic E-state index is 10.2. The average Bonchev–Trinajstić information content (AvgIpc) is 2.87. The molecule has 1 heterocycles. The largest absolute Gasteiger partial charge is 0.504 e. The Labute approximate surface area is 135 Å². The number of hydrogen-bond donors (Lipinski definition) is 1. The number of hydrogen-bond acceptors (Lipinski definition) is 3. The van der Waals surface area contributed by atoms with E-state index in [9.17, 15) is 5.11 Å². The van der Waals surface area contributed by atoms with Gasteiger partial charge in [0.05, 0.1) is 11.2 Å². The molecule has 0 saturated carbocycles. The van der Waals surface area contributed by atoms with Gasteiger partial charge in [0.15, 0.2) is 18.3 Å². The Morgan fingerprint density at radius 1 is 1.09 bits per heavy atom. The summed E-state index contributed by atoms with van der Waals surface area (Å²) in [5, 5.41) is 11.3. The Balaban J connectivity index is 2.33. The van der Waals surface area contributed by atoms with E-state index in [-0.39, 0.29) is 12.5 Å². The van der Waals surface area contributed by atoms with Crippen molar-refractivity contribution in [2.45, 2.75) is 20.4 Å². The molecule has 23 heavy (non-hydrogen) atoms. The molecule has 4 nitrogen and oxygen atoms in total. The van der Waals surface area contributed by atoms with Crippen LogP contribution >= 0.6 is 0 Å². The predicted octanol–water partition coefficient (Wildman–Crippen LogP) is 4.32. The number of aryl methyl sites for hydroxylation is 2. The Morgan fingerprint density at radius 3 is 2.48 bits per heavy atom. The van der Waals surface area contributed by atoms with Gasteiger partial charge in [-0.25, -0.2) is 0 Å². The van der Waals surface area contributed by atoms with Gasteiger partial charge < -0.3 is 19.1 Å². The van der Waals surface area contributed by atoms with Gasteiger partial charge in [-0.1, -0.05) is 30.3 Å². The van der Waals surface area contributed by atoms with Gasteiger partial charge in [-0.2, -0.15) is 0 Å². The highest BCUT2D eigenvalue weighted by molar-refractivity contribution is 5.96. The van der Waals surface area contributed by atoms with Crippen molar-refractivity contribution in [2.75, 3.05) is 13.9 Å². The van der Waals surface area contributed by atoms with Crippen molar-refractivity contribution in [3.8, 4) is 22.8 Å². The summed E-state index contributed by atoms with van der Waals surface area (Å²) in [6.07, 6.45) is 0. The Bertz CT molecular complexity index is 822. The lowest BCUT2D eigenvalue weighted by molar-refractivity contribution is 0.0501. The second-order valence-electron chi connectivity index (χ2n) is 5.44. The molecule has 1 aromatic heterocycles. The minimum Gasteiger partial charge on any atom is -0.504 e. The molecule has 0 saturated heterocycles. The molecule has 0 radical (unpaired) electrons. The highest BCUT2D eigenvalue weighted by atomic mass is 16.7. The normalized spacial score (nSPS) is 11.1. The molecule has 0 unspecified atom stereocenters. The second-order valence-corrected chi connectivity index (χ2v) is 5.44. The first-order valence-corrected chi connectivity index (χ1v) is 7.71. The van der Waals surface area contributed by atoms with Crippen LogP contribution in [0.4, 0.5) is 0 Å². The number of rotatable bonds is 5. The van der Waals surface area contributed by atoms with Crippen LogP contribution < -0.4 is 4.74 Å². The fourth-order valence-electron chi connectivity index (χ4n) is 3.12. The second kappa shape index (κ2) is 6.34. The minimum atomic E-state index is 0.0985. The van der Waals surface area contributed by atoms with E-state index in [0.717, 1.165) is 28.7 Å². The van der Waals surface area contributed by atoms with Crippen LogP contribution in [0.25, 0.3) is 22.2 Å². The van der Waals surface area contributed by atoms with Crippen molar-refractivity contribution >= 4 is 10.9 Å². The molecule has 0 aliphatic carbocycles. The summed E-state index contributed by atoms with van der Waals surface area (Å²) in [6.45, 7) is 5.08. The fourth-order valence-corrected chi connectivity index (χ4v) is 3.12. The third-order valence-corrected chi connectivity index (χ3v) is 4.09. The number of nitrogens with zero attached hydrogens (tertiary/aromatic N) is 1. The van der Waals surface area contributed by atoms with Crippen LogP contribution in [0.2, 0.25) is 0 Å². The van der Waals surface area contributed by atoms with Crippen molar-refractivity contribution in [1.29, 1.82) is 0 Å². The van der Waals surface area contributed by atoms with Crippen molar-refractivity contribution in [3.63, 3.8) is 0 Å². The summed E-state index contributed by atoms with van der Waals surface area (Å²) in [5.41, 5.74) is 4.38. The van der Waals surface area contributed by atoms with Gasteiger partial charge >= 0.3 is 0 Å². The molecular formula is C19H21NO3. The maximum absolute atomic E-state index is 10.2. The molecule has 3 rings (SSSR count). The van der Waals surface area contributed by atoms with E-state index in [0.29, 0.717) is 5.75 Å². The van der Waals surface area contributed by atoms with Crippen LogP contribution in [0.3, 0.4) is 0 Å². The monoisotopic (exact) mass is 311 g/mol. The molecule has 2 aromatic carbocycles. The van der Waals surface area contributed by atoms with Gasteiger partial charge in [0.1, 0.15) is 0 Å². The number of benzene rings is 2. The van der Waals surface area contributed by atoms with Crippen molar-refractivity contribution in [3.05, 3.63) is 48.0 Å². The first-order valence-electron chi connectivity index (χ1n) is 7.71. The Hall–Kier alpha value is -2.46. The molecule has 0 aliphatic rings. The first-order chi connectivity index (χ1) is 11.2. The quantitative estimate of drug-likeness (QED) is 0.713. The molecule has 4 heteroatoms. The van der Waals surface area contributed by atoms with Crippen molar-refractivity contribution in [2.24, 2.45) is 0 Å². The van der Waals surface area contributed by atoms with Gasteiger partial charge in [0, 0.05) is 19.0 Å². The minimum absolute atomic E-state index is 0.0985. The fraction of sp³-hybridized carbons (Fsp3) is 0.263. The summed E-state index contributed by atoms with van der Waals surface area (Å²) in [5.74, 6) is 0.595. The molecule has 0 atom stereocenters. The zero-order valence-electron chi connectivity index (χ0n) is 13.7. The summed E-state index contributed by atoms with van der Waals surface area (Å²) in [4.78, 5) is 0. The van der Waals surface area contributed by atoms with Crippen LogP contribution in [0.15, 0.2) is 42.5 Å². The van der Waals surface area contributed by atoms with E-state index in [2.05, 4.69) is 30.5 Å². The van der Waals surface area contributed by atoms with Gasteiger partial charge in [-0.05, 0) is 37.1 Å². The topological polar surface area (TPSA) is 43.6 Å². The highest BCUT2D eigenvalue weighted by Crippen LogP contribution is 2.41. The SMILES string of the molecule is CCn1c(-c2ccccc2)c(C)c2ccc(O)c(OCOC)c21. The molecule has 120 valence electrons. The maximum Gasteiger partial charge on any atom is 0.189 e. The van der Waals surface area contributed by atoms with Crippen LogP contribution in [0.1, 0.15) is 12.5 Å². The lowest BCUT2D eigenvalue weighted by Crippen LogP contribution is -2.03. The van der Waals surface area contributed by atoms with Gasteiger partial charge in [0.2, 0.25) is 0 Å². The van der Waals surface area contributed by atoms with Crippen molar-refractivity contribution in [1.82, 2.24) is 4.57 Å². The molecule has 3 aromatic rings. The predicted molar refractivity (Wildman–Crippen MR) is 92.0 cm³/mol. The number of phenolic OH excluding ortho intramolecular Hbond substituents is 1. The lowest BCUT2D eigenvalue weighted by Gasteiger charge is -2.13. The van der Waals surface area contributed by atoms with Crippen LogP contribution in [-0.2, 0) is 11.3 Å². The molecule has 0 aliphatic heterocycles. The van der Waals surface area contributed by atoms with Crippen LogP contribution in [0, 0.1) is 6.92 Å². The highest BCUT2D eigenvalue weighted by Gasteiger charge is 2.20.